The number of aliphatic imine (C=N–C) groups is 1. The second kappa shape index (κ2) is 5.29. The Kier molecular flexibility index (Phi) is 3.72. The Morgan fingerprint density at radius 3 is 2.47 bits per heavy atom. The molecule has 0 fully saturated rings. The van der Waals surface area contributed by atoms with Gasteiger partial charge in [-0.15, -0.1) is 4.99 Å². The van der Waals surface area contributed by atoms with Crippen LogP contribution in [0.3, 0.4) is 0 Å². The van der Waals surface area contributed by atoms with E-state index in [2.05, 4.69) is 27.3 Å². The highest BCUT2D eigenvalue weighted by molar-refractivity contribution is 5.81. The van der Waals surface area contributed by atoms with Crippen molar-refractivity contribution < 1.29 is 0 Å². The van der Waals surface area contributed by atoms with Gasteiger partial charge in [-0.1, -0.05) is 24.3 Å². The standard InChI is InChI=1S/C14H19N5/c1-14(2,16)9-17-13(18-10-15)19-7-11-5-3-4-6-12(11)8-19/h3-6H,7-9,16H2,1-2H3,(H,17,18). The number of nitrogens with zero attached hydrogens (tertiary/aromatic N) is 3. The van der Waals surface area contributed by atoms with Gasteiger partial charge in [0.15, 0.2) is 0 Å². The van der Waals surface area contributed by atoms with Crippen molar-refractivity contribution in [3.63, 3.8) is 0 Å². The molecule has 3 N–H and O–H groups in total. The molecule has 0 amide bonds. The molecule has 1 aromatic rings. The van der Waals surface area contributed by atoms with Crippen molar-refractivity contribution >= 4 is 5.96 Å². The van der Waals surface area contributed by atoms with Crippen LogP contribution >= 0.6 is 0 Å². The van der Waals surface area contributed by atoms with E-state index in [1.54, 1.807) is 0 Å². The SMILES string of the molecule is CC(C)(N)CN/C(=N\C#N)N1Cc2ccccc2C1. The van der Waals surface area contributed by atoms with Crippen LogP contribution in [0.1, 0.15) is 25.0 Å². The minimum Gasteiger partial charge on any atom is -0.353 e. The lowest BCUT2D eigenvalue weighted by molar-refractivity contribution is 0.413. The molecule has 0 unspecified atom stereocenters. The predicted octanol–water partition coefficient (Wildman–Crippen LogP) is 1.17. The fourth-order valence-electron chi connectivity index (χ4n) is 2.06. The molecule has 1 heterocycles. The summed E-state index contributed by atoms with van der Waals surface area (Å²) in [6, 6.07) is 8.26. The predicted molar refractivity (Wildman–Crippen MR) is 75.0 cm³/mol. The highest BCUT2D eigenvalue weighted by Crippen LogP contribution is 2.22. The molecule has 0 radical (unpaired) electrons. The zero-order valence-corrected chi connectivity index (χ0v) is 11.3. The van der Waals surface area contributed by atoms with Crippen LogP contribution in [0.2, 0.25) is 0 Å². The lowest BCUT2D eigenvalue weighted by Gasteiger charge is -2.25. The van der Waals surface area contributed by atoms with Crippen molar-refractivity contribution in [1.82, 2.24) is 10.2 Å². The van der Waals surface area contributed by atoms with E-state index in [0.29, 0.717) is 12.5 Å². The molecule has 1 aromatic carbocycles. The summed E-state index contributed by atoms with van der Waals surface area (Å²) in [5, 5.41) is 12.0. The van der Waals surface area contributed by atoms with Gasteiger partial charge in [0.25, 0.3) is 0 Å². The number of fused-ring (bicyclic) bond motifs is 1. The first kappa shape index (κ1) is 13.4. The maximum absolute atomic E-state index is 8.81. The fraction of sp³-hybridized carbons (Fsp3) is 0.429. The van der Waals surface area contributed by atoms with E-state index in [0.717, 1.165) is 13.1 Å². The Bertz CT molecular complexity index is 496. The van der Waals surface area contributed by atoms with Gasteiger partial charge >= 0.3 is 0 Å². The van der Waals surface area contributed by atoms with E-state index in [-0.39, 0.29) is 5.54 Å². The molecule has 0 spiro atoms. The van der Waals surface area contributed by atoms with E-state index in [9.17, 15) is 0 Å². The number of hydrogen-bond acceptors (Lipinski definition) is 3. The summed E-state index contributed by atoms with van der Waals surface area (Å²) in [7, 11) is 0. The molecule has 0 aromatic heterocycles. The third kappa shape index (κ3) is 3.46. The van der Waals surface area contributed by atoms with Gasteiger partial charge in [0.2, 0.25) is 12.2 Å². The average Bonchev–Trinajstić information content (AvgIpc) is 2.76. The summed E-state index contributed by atoms with van der Waals surface area (Å²) in [5.41, 5.74) is 8.16. The van der Waals surface area contributed by atoms with Crippen LogP contribution in [0.15, 0.2) is 29.3 Å². The monoisotopic (exact) mass is 257 g/mol. The molecule has 100 valence electrons. The zero-order valence-electron chi connectivity index (χ0n) is 11.3. The Morgan fingerprint density at radius 1 is 1.42 bits per heavy atom. The van der Waals surface area contributed by atoms with Crippen molar-refractivity contribution in [2.45, 2.75) is 32.5 Å². The van der Waals surface area contributed by atoms with Gasteiger partial charge in [0.1, 0.15) is 0 Å². The van der Waals surface area contributed by atoms with Gasteiger partial charge in [-0.3, -0.25) is 0 Å². The van der Waals surface area contributed by atoms with E-state index in [4.69, 9.17) is 11.0 Å². The Labute approximate surface area is 113 Å². The number of nitriles is 1. The lowest BCUT2D eigenvalue weighted by Crippen LogP contribution is -2.48. The van der Waals surface area contributed by atoms with E-state index < -0.39 is 0 Å². The van der Waals surface area contributed by atoms with Crippen LogP contribution in [-0.4, -0.2) is 22.9 Å². The summed E-state index contributed by atoms with van der Waals surface area (Å²) < 4.78 is 0. The van der Waals surface area contributed by atoms with Crippen molar-refractivity contribution in [2.75, 3.05) is 6.54 Å². The van der Waals surface area contributed by atoms with E-state index in [1.807, 2.05) is 32.2 Å². The van der Waals surface area contributed by atoms with Gasteiger partial charge in [-0.25, -0.2) is 0 Å². The van der Waals surface area contributed by atoms with Crippen LogP contribution in [0.4, 0.5) is 0 Å². The van der Waals surface area contributed by atoms with Crippen molar-refractivity contribution in [3.8, 4) is 6.19 Å². The molecule has 0 aliphatic carbocycles. The molecule has 5 heteroatoms. The minimum atomic E-state index is -0.344. The summed E-state index contributed by atoms with van der Waals surface area (Å²) in [5.74, 6) is 0.595. The normalized spacial score (nSPS) is 15.1. The van der Waals surface area contributed by atoms with Crippen LogP contribution in [0, 0.1) is 11.5 Å². The van der Waals surface area contributed by atoms with Gasteiger partial charge in [-0.05, 0) is 25.0 Å². The third-order valence-corrected chi connectivity index (χ3v) is 3.00. The molecule has 1 aliphatic rings. The largest absolute Gasteiger partial charge is 0.353 e. The molecular formula is C14H19N5. The number of benzene rings is 1. The van der Waals surface area contributed by atoms with Gasteiger partial charge in [0, 0.05) is 25.2 Å². The molecule has 0 bridgehead atoms. The number of nitrogens with two attached hydrogens (primary N) is 1. The number of guanidine groups is 1. The summed E-state index contributed by atoms with van der Waals surface area (Å²) in [6.45, 7) is 5.98. The molecule has 0 saturated heterocycles. The molecule has 2 rings (SSSR count). The smallest absolute Gasteiger partial charge is 0.210 e. The highest BCUT2D eigenvalue weighted by Gasteiger charge is 2.22. The molecule has 5 nitrogen and oxygen atoms in total. The van der Waals surface area contributed by atoms with Crippen LogP contribution in [0.25, 0.3) is 0 Å². The number of hydrogen-bond donors (Lipinski definition) is 2. The number of rotatable bonds is 2. The summed E-state index contributed by atoms with van der Waals surface area (Å²) in [6.07, 6.45) is 1.85. The van der Waals surface area contributed by atoms with Crippen molar-refractivity contribution in [1.29, 1.82) is 5.26 Å². The van der Waals surface area contributed by atoms with Crippen LogP contribution in [-0.2, 0) is 13.1 Å². The van der Waals surface area contributed by atoms with Crippen LogP contribution < -0.4 is 11.1 Å². The second-order valence-corrected chi connectivity index (χ2v) is 5.50. The Hall–Kier alpha value is -2.06. The maximum atomic E-state index is 8.81. The fourth-order valence-corrected chi connectivity index (χ4v) is 2.06. The zero-order chi connectivity index (χ0) is 13.9. The first-order valence-electron chi connectivity index (χ1n) is 6.31. The van der Waals surface area contributed by atoms with Gasteiger partial charge < -0.3 is 16.0 Å². The quantitative estimate of drug-likeness (QED) is 0.473. The average molecular weight is 257 g/mol. The maximum Gasteiger partial charge on any atom is 0.210 e. The van der Waals surface area contributed by atoms with Crippen molar-refractivity contribution in [2.24, 2.45) is 10.7 Å². The van der Waals surface area contributed by atoms with Crippen molar-refractivity contribution in [3.05, 3.63) is 35.4 Å². The molecule has 0 saturated carbocycles. The highest BCUT2D eigenvalue weighted by atomic mass is 15.3. The Balaban J connectivity index is 2.07. The minimum absolute atomic E-state index is 0.344. The molecule has 1 aliphatic heterocycles. The molecule has 0 atom stereocenters. The Morgan fingerprint density at radius 2 is 2.00 bits per heavy atom. The number of nitrogens with one attached hydrogen (secondary N) is 1. The third-order valence-electron chi connectivity index (χ3n) is 3.00. The van der Waals surface area contributed by atoms with Gasteiger partial charge in [-0.2, -0.15) is 5.26 Å². The first-order valence-corrected chi connectivity index (χ1v) is 6.31. The second-order valence-electron chi connectivity index (χ2n) is 5.50. The summed E-state index contributed by atoms with van der Waals surface area (Å²) >= 11 is 0. The topological polar surface area (TPSA) is 77.4 Å². The summed E-state index contributed by atoms with van der Waals surface area (Å²) in [4.78, 5) is 5.93. The molecule has 19 heavy (non-hydrogen) atoms. The first-order chi connectivity index (χ1) is 8.99. The molecular weight excluding hydrogens is 238 g/mol. The van der Waals surface area contributed by atoms with Crippen LogP contribution in [0.5, 0.6) is 0 Å². The van der Waals surface area contributed by atoms with E-state index >= 15 is 0 Å². The van der Waals surface area contributed by atoms with Gasteiger partial charge in [0.05, 0.1) is 0 Å². The lowest BCUT2D eigenvalue weighted by atomic mass is 10.1. The van der Waals surface area contributed by atoms with E-state index in [1.165, 1.54) is 11.1 Å².